The molecule has 94 valence electrons. The molecule has 1 heteroatoms. The number of hydrogen-bond acceptors (Lipinski definition) is 1. The zero-order valence-corrected chi connectivity index (χ0v) is 11.7. The Balaban J connectivity index is 0.000000686. The van der Waals surface area contributed by atoms with Crippen molar-refractivity contribution in [2.24, 2.45) is 0 Å². The molecule has 0 N–H and O–H groups in total. The minimum Gasteiger partial charge on any atom is -0.294 e. The van der Waals surface area contributed by atoms with Crippen LogP contribution in [0.25, 0.3) is 0 Å². The molecule has 0 spiro atoms. The number of ketones is 1. The first kappa shape index (κ1) is 14.0. The van der Waals surface area contributed by atoms with Gasteiger partial charge in [-0.1, -0.05) is 52.8 Å². The van der Waals surface area contributed by atoms with Gasteiger partial charge in [0, 0.05) is 12.0 Å². The van der Waals surface area contributed by atoms with Crippen molar-refractivity contribution in [2.45, 2.75) is 59.3 Å². The molecule has 1 nitrogen and oxygen atoms in total. The third kappa shape index (κ3) is 2.96. The number of carbonyl (C=O) groups is 1. The van der Waals surface area contributed by atoms with Crippen LogP contribution in [0.4, 0.5) is 0 Å². The van der Waals surface area contributed by atoms with Gasteiger partial charge in [0.2, 0.25) is 0 Å². The van der Waals surface area contributed by atoms with E-state index in [-0.39, 0.29) is 0 Å². The summed E-state index contributed by atoms with van der Waals surface area (Å²) in [5, 5.41) is 0. The van der Waals surface area contributed by atoms with E-state index >= 15 is 0 Å². The smallest absolute Gasteiger partial charge is 0.163 e. The summed E-state index contributed by atoms with van der Waals surface area (Å²) in [6, 6.07) is 6.34. The first-order valence-corrected chi connectivity index (χ1v) is 6.76. The summed E-state index contributed by atoms with van der Waals surface area (Å²) >= 11 is 0. The summed E-state index contributed by atoms with van der Waals surface area (Å²) in [5.74, 6) is 1.40. The van der Waals surface area contributed by atoms with Gasteiger partial charge < -0.3 is 0 Å². The van der Waals surface area contributed by atoms with Crippen molar-refractivity contribution in [1.82, 2.24) is 0 Å². The zero-order valence-electron chi connectivity index (χ0n) is 11.7. The molecule has 1 aromatic carbocycles. The highest BCUT2D eigenvalue weighted by molar-refractivity contribution is 5.98. The largest absolute Gasteiger partial charge is 0.294 e. The molecule has 0 aromatic heterocycles. The summed E-state index contributed by atoms with van der Waals surface area (Å²) in [6.07, 6.45) is 1.72. The Labute approximate surface area is 105 Å². The number of benzene rings is 1. The van der Waals surface area contributed by atoms with Gasteiger partial charge in [0.25, 0.3) is 0 Å². The van der Waals surface area contributed by atoms with Gasteiger partial charge in [-0.15, -0.1) is 0 Å². The van der Waals surface area contributed by atoms with Gasteiger partial charge in [-0.25, -0.2) is 0 Å². The molecule has 1 aliphatic carbocycles. The highest BCUT2D eigenvalue weighted by Crippen LogP contribution is 2.33. The predicted molar refractivity (Wildman–Crippen MR) is 73.9 cm³/mol. The van der Waals surface area contributed by atoms with E-state index in [0.717, 1.165) is 18.4 Å². The molecule has 0 saturated heterocycles. The maximum absolute atomic E-state index is 11.7. The van der Waals surface area contributed by atoms with Crippen molar-refractivity contribution in [3.63, 3.8) is 0 Å². The minimum absolute atomic E-state index is 0.318. The molecule has 0 amide bonds. The molecule has 1 unspecified atom stereocenters. The van der Waals surface area contributed by atoms with Crippen LogP contribution in [0.1, 0.15) is 80.8 Å². The Morgan fingerprint density at radius 2 is 1.88 bits per heavy atom. The van der Waals surface area contributed by atoms with Crippen LogP contribution in [0.3, 0.4) is 0 Å². The van der Waals surface area contributed by atoms with Crippen LogP contribution in [-0.4, -0.2) is 5.78 Å². The minimum atomic E-state index is 0.318. The van der Waals surface area contributed by atoms with Crippen molar-refractivity contribution >= 4 is 5.78 Å². The Kier molecular flexibility index (Phi) is 4.92. The second-order valence-electron chi connectivity index (χ2n) is 4.86. The fraction of sp³-hybridized carbons (Fsp3) is 0.562. The van der Waals surface area contributed by atoms with Crippen LogP contribution in [0.15, 0.2) is 18.2 Å². The van der Waals surface area contributed by atoms with Crippen molar-refractivity contribution < 1.29 is 4.79 Å². The van der Waals surface area contributed by atoms with Gasteiger partial charge in [0.15, 0.2) is 5.78 Å². The second-order valence-corrected chi connectivity index (χ2v) is 4.86. The van der Waals surface area contributed by atoms with Crippen LogP contribution in [0.2, 0.25) is 0 Å². The lowest BCUT2D eigenvalue weighted by Crippen LogP contribution is -2.14. The molecular formula is C16H24O. The molecule has 1 atom stereocenters. The summed E-state index contributed by atoms with van der Waals surface area (Å²) in [6.45, 7) is 10.6. The van der Waals surface area contributed by atoms with Gasteiger partial charge in [-0.2, -0.15) is 0 Å². The maximum atomic E-state index is 11.7. The third-order valence-corrected chi connectivity index (χ3v) is 3.38. The summed E-state index contributed by atoms with van der Waals surface area (Å²) < 4.78 is 0. The lowest BCUT2D eigenvalue weighted by molar-refractivity contribution is 0.0968. The van der Waals surface area contributed by atoms with E-state index in [1.807, 2.05) is 19.9 Å². The van der Waals surface area contributed by atoms with E-state index in [1.165, 1.54) is 11.1 Å². The Bertz CT molecular complexity index is 391. The van der Waals surface area contributed by atoms with Crippen LogP contribution in [0, 0.1) is 0 Å². The molecule has 0 radical (unpaired) electrons. The molecular weight excluding hydrogens is 208 g/mol. The Morgan fingerprint density at radius 3 is 2.47 bits per heavy atom. The zero-order chi connectivity index (χ0) is 13.0. The van der Waals surface area contributed by atoms with Crippen molar-refractivity contribution in [3.8, 4) is 0 Å². The van der Waals surface area contributed by atoms with Crippen molar-refractivity contribution in [3.05, 3.63) is 34.9 Å². The van der Waals surface area contributed by atoms with Gasteiger partial charge in [0.05, 0.1) is 0 Å². The molecule has 17 heavy (non-hydrogen) atoms. The quantitative estimate of drug-likeness (QED) is 0.672. The molecule has 1 aliphatic rings. The Hall–Kier alpha value is -1.11. The van der Waals surface area contributed by atoms with E-state index in [4.69, 9.17) is 0 Å². The van der Waals surface area contributed by atoms with Crippen LogP contribution >= 0.6 is 0 Å². The third-order valence-electron chi connectivity index (χ3n) is 3.38. The van der Waals surface area contributed by atoms with E-state index < -0.39 is 0 Å². The van der Waals surface area contributed by atoms with E-state index in [2.05, 4.69) is 32.9 Å². The SMILES string of the molecule is CC.CC(C)c1ccc2c(c1)C(C)CCC2=O. The fourth-order valence-corrected chi connectivity index (χ4v) is 2.24. The molecule has 0 heterocycles. The second kappa shape index (κ2) is 6.00. The summed E-state index contributed by atoms with van der Waals surface area (Å²) in [4.78, 5) is 11.7. The highest BCUT2D eigenvalue weighted by atomic mass is 16.1. The molecule has 1 aromatic rings. The number of rotatable bonds is 1. The van der Waals surface area contributed by atoms with Crippen molar-refractivity contribution in [2.75, 3.05) is 0 Å². The van der Waals surface area contributed by atoms with Gasteiger partial charge >= 0.3 is 0 Å². The van der Waals surface area contributed by atoms with Crippen LogP contribution in [-0.2, 0) is 0 Å². The van der Waals surface area contributed by atoms with Crippen LogP contribution < -0.4 is 0 Å². The molecule has 2 rings (SSSR count). The maximum Gasteiger partial charge on any atom is 0.163 e. The standard InChI is InChI=1S/C14H18O.C2H6/c1-9(2)11-5-6-12-13(8-11)10(3)4-7-14(12)15;1-2/h5-6,8-10H,4,7H2,1-3H3;1-2H3. The fourth-order valence-electron chi connectivity index (χ4n) is 2.24. The molecule has 0 saturated carbocycles. The first-order chi connectivity index (χ1) is 8.09. The lowest BCUT2D eigenvalue weighted by atomic mass is 9.81. The molecule has 0 fully saturated rings. The predicted octanol–water partition coefficient (Wildman–Crippen LogP) is 4.92. The van der Waals surface area contributed by atoms with Gasteiger partial charge in [-0.05, 0) is 29.4 Å². The van der Waals surface area contributed by atoms with Gasteiger partial charge in [0.1, 0.15) is 0 Å². The van der Waals surface area contributed by atoms with E-state index in [0.29, 0.717) is 17.6 Å². The number of Topliss-reactive ketones (excluding diaryl/α,β-unsaturated/α-hetero) is 1. The van der Waals surface area contributed by atoms with E-state index in [9.17, 15) is 4.79 Å². The van der Waals surface area contributed by atoms with E-state index in [1.54, 1.807) is 0 Å². The lowest BCUT2D eigenvalue weighted by Gasteiger charge is -2.22. The van der Waals surface area contributed by atoms with Crippen molar-refractivity contribution in [1.29, 1.82) is 0 Å². The Morgan fingerprint density at radius 1 is 1.24 bits per heavy atom. The highest BCUT2D eigenvalue weighted by Gasteiger charge is 2.22. The average Bonchev–Trinajstić information content (AvgIpc) is 2.36. The molecule has 0 aliphatic heterocycles. The monoisotopic (exact) mass is 232 g/mol. The summed E-state index contributed by atoms with van der Waals surface area (Å²) in [5.41, 5.74) is 3.56. The number of hydrogen-bond donors (Lipinski definition) is 0. The van der Waals surface area contributed by atoms with Gasteiger partial charge in [-0.3, -0.25) is 4.79 Å². The number of fused-ring (bicyclic) bond motifs is 1. The summed E-state index contributed by atoms with van der Waals surface area (Å²) in [7, 11) is 0. The normalized spacial score (nSPS) is 18.5. The topological polar surface area (TPSA) is 17.1 Å². The molecule has 0 bridgehead atoms. The first-order valence-electron chi connectivity index (χ1n) is 6.76. The van der Waals surface area contributed by atoms with Crippen LogP contribution in [0.5, 0.6) is 0 Å². The number of carbonyl (C=O) groups excluding carboxylic acids is 1. The average molecular weight is 232 g/mol.